The van der Waals surface area contributed by atoms with Gasteiger partial charge in [0.25, 0.3) is 10.1 Å². The molecule has 0 aliphatic carbocycles. The zero-order chi connectivity index (χ0) is 40.8. The maximum atomic E-state index is 11.7. The third-order valence-corrected chi connectivity index (χ3v) is 11.1. The van der Waals surface area contributed by atoms with Crippen molar-refractivity contribution in [3.63, 3.8) is 0 Å². The van der Waals surface area contributed by atoms with Crippen LogP contribution in [0.5, 0.6) is 34.5 Å². The maximum Gasteiger partial charge on any atom is 2.00 e. The summed E-state index contributed by atoms with van der Waals surface area (Å²) < 4.78 is 75.3. The molecule has 57 heavy (non-hydrogen) atoms. The van der Waals surface area contributed by atoms with Gasteiger partial charge in [-0.1, -0.05) is 134 Å². The van der Waals surface area contributed by atoms with Crippen LogP contribution in [0.3, 0.4) is 0 Å². The smallest absolute Gasteiger partial charge is 0.872 e. The van der Waals surface area contributed by atoms with Crippen LogP contribution in [0.1, 0.15) is 128 Å². The van der Waals surface area contributed by atoms with Gasteiger partial charge in [0.05, 0.1) is 0 Å². The molecule has 0 amide bonds. The van der Waals surface area contributed by atoms with E-state index in [4.69, 9.17) is 14.0 Å². The van der Waals surface area contributed by atoms with Crippen LogP contribution in [0.4, 0.5) is 0 Å². The van der Waals surface area contributed by atoms with Crippen molar-refractivity contribution in [1.29, 1.82) is 0 Å². The van der Waals surface area contributed by atoms with Gasteiger partial charge in [0.15, 0.2) is 0 Å². The molecule has 0 aliphatic rings. The minimum Gasteiger partial charge on any atom is -0.872 e. The molecule has 0 saturated heterocycles. The van der Waals surface area contributed by atoms with Crippen molar-refractivity contribution in [2.24, 2.45) is 0 Å². The first-order valence-corrected chi connectivity index (χ1v) is 22.8. The number of hydrogen-bond donors (Lipinski definition) is 2. The van der Waals surface area contributed by atoms with E-state index in [1.807, 2.05) is 48.5 Å². The van der Waals surface area contributed by atoms with E-state index in [1.54, 1.807) is 0 Å². The topological polar surface area (TPSA) is 173 Å². The monoisotopic (exact) mass is 850 g/mol. The molecule has 0 spiro atoms. The summed E-state index contributed by atoms with van der Waals surface area (Å²) in [6, 6.07) is 22.3. The van der Waals surface area contributed by atoms with Gasteiger partial charge in [0, 0.05) is 11.0 Å². The molecule has 2 N–H and O–H groups in total. The SMILES string of the molecule is CCCCCCCCCCc1ccc(Oc2ccc(S(=O)(=O)O)c(O)c2)cc1.CCCCCCCCCCc1ccc(Oc2ccc(S(=O)(=O)[O-])c([O-])c2)cc1.[Ca+2]. The molecule has 4 rings (SSSR count). The van der Waals surface area contributed by atoms with E-state index in [0.717, 1.165) is 37.1 Å². The molecular weight excluding hydrogens is 793 g/mol. The molecule has 0 unspecified atom stereocenters. The van der Waals surface area contributed by atoms with Crippen LogP contribution in [0.25, 0.3) is 0 Å². The summed E-state index contributed by atoms with van der Waals surface area (Å²) >= 11 is 0. The van der Waals surface area contributed by atoms with Crippen LogP contribution < -0.4 is 14.6 Å². The first kappa shape index (κ1) is 50.3. The van der Waals surface area contributed by atoms with E-state index in [-0.39, 0.29) is 43.5 Å². The van der Waals surface area contributed by atoms with E-state index >= 15 is 0 Å². The molecule has 0 atom stereocenters. The number of phenolic OH excluding ortho intramolecular Hbond substituents is 1. The second-order valence-corrected chi connectivity index (χ2v) is 16.8. The Hall–Kier alpha value is -2.84. The maximum absolute atomic E-state index is 11.7. The third-order valence-electron chi connectivity index (χ3n) is 9.35. The fourth-order valence-electron chi connectivity index (χ4n) is 6.18. The van der Waals surface area contributed by atoms with Gasteiger partial charge in [-0.2, -0.15) is 8.42 Å². The summed E-state index contributed by atoms with van der Waals surface area (Å²) in [6.07, 6.45) is 22.8. The van der Waals surface area contributed by atoms with Gasteiger partial charge in [0.2, 0.25) is 0 Å². The molecule has 0 saturated carbocycles. The van der Waals surface area contributed by atoms with Gasteiger partial charge < -0.3 is 24.2 Å². The molecule has 4 aromatic carbocycles. The van der Waals surface area contributed by atoms with Gasteiger partial charge in [0.1, 0.15) is 43.8 Å². The first-order chi connectivity index (χ1) is 26.8. The number of benzene rings is 4. The summed E-state index contributed by atoms with van der Waals surface area (Å²) in [5.41, 5.74) is 2.48. The number of aryl methyl sites for hydroxylation is 2. The number of rotatable bonds is 24. The number of unbranched alkanes of at least 4 members (excludes halogenated alkanes) is 14. The molecule has 0 fully saturated rings. The average Bonchev–Trinajstić information content (AvgIpc) is 3.14. The van der Waals surface area contributed by atoms with Gasteiger partial charge in [-0.25, -0.2) is 8.42 Å². The van der Waals surface area contributed by atoms with E-state index < -0.39 is 41.5 Å². The Bertz CT molecular complexity index is 1810. The zero-order valence-electron chi connectivity index (χ0n) is 33.5. The largest absolute Gasteiger partial charge is 2.00 e. The van der Waals surface area contributed by atoms with Gasteiger partial charge >= 0.3 is 37.7 Å². The Morgan fingerprint density at radius 1 is 0.509 bits per heavy atom. The second kappa shape index (κ2) is 27.0. The van der Waals surface area contributed by atoms with Crippen LogP contribution in [0, 0.1) is 0 Å². The first-order valence-electron chi connectivity index (χ1n) is 19.9. The molecule has 0 heterocycles. The van der Waals surface area contributed by atoms with Crippen LogP contribution >= 0.6 is 0 Å². The van der Waals surface area contributed by atoms with E-state index in [0.29, 0.717) is 17.2 Å². The second-order valence-electron chi connectivity index (χ2n) is 14.1. The molecule has 4 aromatic rings. The van der Waals surface area contributed by atoms with Crippen molar-refractivity contribution in [3.8, 4) is 34.5 Å². The summed E-state index contributed by atoms with van der Waals surface area (Å²) in [6.45, 7) is 4.47. The fraction of sp³-hybridized carbons (Fsp3) is 0.455. The van der Waals surface area contributed by atoms with Crippen molar-refractivity contribution < 1.29 is 45.6 Å². The summed E-state index contributed by atoms with van der Waals surface area (Å²) in [5, 5.41) is 21.4. The van der Waals surface area contributed by atoms with E-state index in [2.05, 4.69) is 13.8 Å². The summed E-state index contributed by atoms with van der Waals surface area (Å²) in [4.78, 5) is -1.30. The normalized spacial score (nSPS) is 11.3. The predicted molar refractivity (Wildman–Crippen MR) is 223 cm³/mol. The molecule has 0 bridgehead atoms. The average molecular weight is 851 g/mol. The molecule has 13 heteroatoms. The minimum absolute atomic E-state index is 0. The zero-order valence-corrected chi connectivity index (χ0v) is 37.3. The van der Waals surface area contributed by atoms with E-state index in [9.17, 15) is 31.6 Å². The predicted octanol–water partition coefficient (Wildman–Crippen LogP) is 10.9. The van der Waals surface area contributed by atoms with Gasteiger partial charge in [-0.3, -0.25) is 4.55 Å². The van der Waals surface area contributed by atoms with Gasteiger partial charge in [-0.05, 0) is 91.4 Å². The number of phenols is 1. The Balaban J connectivity index is 0.000000387. The standard InChI is InChI=1S/2C22H30O5S.Ca/c2*1-2-3-4-5-6-7-8-9-10-18-11-13-19(14-12-18)27-20-15-16-22(21(23)17-20)28(24,25)26;/h2*11-17,23H,2-10H2,1H3,(H,24,25,26);/q;;+2/p-2. The summed E-state index contributed by atoms with van der Waals surface area (Å²) in [7, 11) is -9.22. The number of aromatic hydroxyl groups is 1. The van der Waals surface area contributed by atoms with Gasteiger partial charge in [-0.15, -0.1) is 0 Å². The third kappa shape index (κ3) is 20.1. The van der Waals surface area contributed by atoms with Crippen molar-refractivity contribution >= 4 is 58.0 Å². The molecular formula is C44H58CaO10S2. The molecule has 10 nitrogen and oxygen atoms in total. The Morgan fingerprint density at radius 2 is 0.860 bits per heavy atom. The Kier molecular flexibility index (Phi) is 23.8. The quantitative estimate of drug-likeness (QED) is 0.0392. The van der Waals surface area contributed by atoms with Crippen LogP contribution in [0.15, 0.2) is 94.7 Å². The van der Waals surface area contributed by atoms with Crippen molar-refractivity contribution in [1.82, 2.24) is 0 Å². The molecule has 0 radical (unpaired) electrons. The van der Waals surface area contributed by atoms with Crippen molar-refractivity contribution in [3.05, 3.63) is 96.1 Å². The van der Waals surface area contributed by atoms with E-state index in [1.165, 1.54) is 126 Å². The van der Waals surface area contributed by atoms with Crippen LogP contribution in [-0.4, -0.2) is 68.8 Å². The number of ether oxygens (including phenoxy) is 2. The van der Waals surface area contributed by atoms with Crippen LogP contribution in [-0.2, 0) is 33.1 Å². The molecule has 0 aromatic heterocycles. The summed E-state index contributed by atoms with van der Waals surface area (Å²) in [5.74, 6) is 0.231. The minimum atomic E-state index is -4.77. The Labute approximate surface area is 370 Å². The van der Waals surface area contributed by atoms with Crippen molar-refractivity contribution in [2.45, 2.75) is 139 Å². The molecule has 308 valence electrons. The van der Waals surface area contributed by atoms with Crippen molar-refractivity contribution in [2.75, 3.05) is 0 Å². The molecule has 0 aliphatic heterocycles. The fourth-order valence-corrected chi connectivity index (χ4v) is 7.29. The number of hydrogen-bond acceptors (Lipinski definition) is 9. The Morgan fingerprint density at radius 3 is 1.21 bits per heavy atom. The van der Waals surface area contributed by atoms with Crippen LogP contribution in [0.2, 0.25) is 0 Å².